The Morgan fingerprint density at radius 3 is 2.62 bits per heavy atom. The number of carbonyl (C=O) groups excluding carboxylic acids is 1. The van der Waals surface area contributed by atoms with Crippen molar-refractivity contribution in [2.45, 2.75) is 36.8 Å². The number of fused-ring (bicyclic) bond motifs is 3. The maximum Gasteiger partial charge on any atom is 0.319 e. The van der Waals surface area contributed by atoms with Crippen molar-refractivity contribution in [1.29, 1.82) is 0 Å². The number of halogens is 5. The molecule has 0 bridgehead atoms. The van der Waals surface area contributed by atoms with Crippen LogP contribution in [-0.2, 0) is 4.79 Å². The van der Waals surface area contributed by atoms with Crippen LogP contribution in [0.25, 0.3) is 37.6 Å². The molecule has 48 heavy (non-hydrogen) atoms. The van der Waals surface area contributed by atoms with Crippen molar-refractivity contribution >= 4 is 33.4 Å². The average molecular weight is 663 g/mol. The number of benzene rings is 3. The Bertz CT molecular complexity index is 1990. The standard InChI is InChI=1S/C35H31F5N6O2/c1-21(36)32(47)46-15-14-44(17-23(46)16-41-2)31-26-11-10-25(24-8-3-6-22-7-4-9-27(37)28(22)24)29(38)30(26)42-33(43-31)48-20-34-12-5-13-45(34)19-35(39,40)18-34/h3-4,6-11,23H,1,5,12-20H2/t23-,34-/m0/s1. The van der Waals surface area contributed by atoms with E-state index in [1.807, 2.05) is 0 Å². The molecular weight excluding hydrogens is 631 g/mol. The molecule has 0 saturated carbocycles. The fourth-order valence-corrected chi connectivity index (χ4v) is 7.56. The summed E-state index contributed by atoms with van der Waals surface area (Å²) in [7, 11) is 0. The lowest BCUT2D eigenvalue weighted by Gasteiger charge is -2.39. The fraction of sp³-hybridized carbons (Fsp3) is 0.371. The number of nitrogens with zero attached hydrogens (tertiary/aromatic N) is 6. The minimum atomic E-state index is -2.87. The summed E-state index contributed by atoms with van der Waals surface area (Å²) < 4.78 is 80.7. The smallest absolute Gasteiger partial charge is 0.319 e. The lowest BCUT2D eigenvalue weighted by atomic mass is 9.94. The van der Waals surface area contributed by atoms with Crippen molar-refractivity contribution in [3.63, 3.8) is 0 Å². The van der Waals surface area contributed by atoms with E-state index in [0.29, 0.717) is 23.9 Å². The Labute approximate surface area is 273 Å². The second-order valence-electron chi connectivity index (χ2n) is 12.7. The van der Waals surface area contributed by atoms with Crippen LogP contribution in [0.3, 0.4) is 0 Å². The van der Waals surface area contributed by atoms with Crippen molar-refractivity contribution in [3.05, 3.63) is 84.0 Å². The SMILES string of the molecule is [C-]#[N+]C[C@H]1CN(c2nc(OC[C@@]34CCCN3CC(F)(F)C4)nc3c(F)c(-c4cccc5cccc(F)c45)ccc23)CCN1C(=O)C(=C)F. The molecule has 3 aromatic carbocycles. The summed E-state index contributed by atoms with van der Waals surface area (Å²) in [4.78, 5) is 29.7. The van der Waals surface area contributed by atoms with Crippen LogP contribution in [0.2, 0.25) is 0 Å². The zero-order chi connectivity index (χ0) is 33.8. The van der Waals surface area contributed by atoms with E-state index in [2.05, 4.69) is 21.4 Å². The van der Waals surface area contributed by atoms with Crippen LogP contribution in [-0.4, -0.2) is 89.1 Å². The van der Waals surface area contributed by atoms with Gasteiger partial charge < -0.3 is 19.4 Å². The van der Waals surface area contributed by atoms with E-state index in [9.17, 15) is 18.0 Å². The van der Waals surface area contributed by atoms with Crippen LogP contribution in [0.5, 0.6) is 6.01 Å². The summed E-state index contributed by atoms with van der Waals surface area (Å²) in [5, 5.41) is 1.11. The summed E-state index contributed by atoms with van der Waals surface area (Å²) >= 11 is 0. The summed E-state index contributed by atoms with van der Waals surface area (Å²) in [6.07, 6.45) is 0.863. The van der Waals surface area contributed by atoms with E-state index in [0.717, 1.165) is 6.42 Å². The van der Waals surface area contributed by atoms with Gasteiger partial charge >= 0.3 is 6.01 Å². The monoisotopic (exact) mass is 662 g/mol. The van der Waals surface area contributed by atoms with Crippen LogP contribution >= 0.6 is 0 Å². The Morgan fingerprint density at radius 1 is 1.06 bits per heavy atom. The van der Waals surface area contributed by atoms with Gasteiger partial charge in [-0.25, -0.2) is 28.5 Å². The van der Waals surface area contributed by atoms with E-state index in [-0.39, 0.29) is 79.4 Å². The van der Waals surface area contributed by atoms with Crippen LogP contribution < -0.4 is 9.64 Å². The number of ether oxygens (including phenoxy) is 1. The number of aromatic nitrogens is 2. The van der Waals surface area contributed by atoms with Crippen molar-refractivity contribution in [2.75, 3.05) is 50.8 Å². The molecule has 0 radical (unpaired) electrons. The normalized spacial score (nSPS) is 22.2. The number of anilines is 1. The van der Waals surface area contributed by atoms with Gasteiger partial charge in [0.25, 0.3) is 11.8 Å². The predicted molar refractivity (Wildman–Crippen MR) is 170 cm³/mol. The molecule has 1 aromatic heterocycles. The largest absolute Gasteiger partial charge is 0.461 e. The second-order valence-corrected chi connectivity index (χ2v) is 12.7. The summed E-state index contributed by atoms with van der Waals surface area (Å²) in [5.41, 5.74) is -0.634. The molecule has 0 unspecified atom stereocenters. The minimum absolute atomic E-state index is 0.0344. The summed E-state index contributed by atoms with van der Waals surface area (Å²) in [5.74, 6) is -5.95. The molecule has 8 nitrogen and oxygen atoms in total. The first kappa shape index (κ1) is 31.8. The van der Waals surface area contributed by atoms with Gasteiger partial charge in [-0.3, -0.25) is 9.69 Å². The molecule has 3 aliphatic rings. The molecule has 0 N–H and O–H groups in total. The van der Waals surface area contributed by atoms with Gasteiger partial charge in [-0.2, -0.15) is 9.97 Å². The van der Waals surface area contributed by atoms with E-state index in [1.54, 1.807) is 46.2 Å². The molecule has 248 valence electrons. The Balaban J connectivity index is 1.33. The molecule has 1 amide bonds. The molecule has 0 spiro atoms. The molecule has 7 rings (SSSR count). The molecule has 0 aliphatic carbocycles. The number of amides is 1. The van der Waals surface area contributed by atoms with Gasteiger partial charge in [-0.15, -0.1) is 0 Å². The zero-order valence-electron chi connectivity index (χ0n) is 25.9. The fourth-order valence-electron chi connectivity index (χ4n) is 7.56. The van der Waals surface area contributed by atoms with Crippen LogP contribution in [0.15, 0.2) is 60.9 Å². The first-order valence-corrected chi connectivity index (χ1v) is 15.7. The van der Waals surface area contributed by atoms with E-state index < -0.39 is 40.9 Å². The number of hydrogen-bond donors (Lipinski definition) is 0. The third-order valence-corrected chi connectivity index (χ3v) is 9.71. The van der Waals surface area contributed by atoms with E-state index in [1.165, 1.54) is 17.0 Å². The van der Waals surface area contributed by atoms with Crippen molar-refractivity contribution < 1.29 is 31.5 Å². The molecule has 3 saturated heterocycles. The maximum atomic E-state index is 16.7. The molecule has 3 aliphatic heterocycles. The maximum absolute atomic E-state index is 16.7. The molecule has 2 atom stereocenters. The topological polar surface area (TPSA) is 66.2 Å². The van der Waals surface area contributed by atoms with Crippen molar-refractivity contribution in [3.8, 4) is 17.1 Å². The van der Waals surface area contributed by atoms with Crippen LogP contribution in [0.1, 0.15) is 19.3 Å². The van der Waals surface area contributed by atoms with Gasteiger partial charge in [0.15, 0.2) is 11.6 Å². The number of alkyl halides is 2. The molecule has 4 heterocycles. The van der Waals surface area contributed by atoms with Gasteiger partial charge in [0.1, 0.15) is 29.8 Å². The lowest BCUT2D eigenvalue weighted by Crippen LogP contribution is -2.56. The minimum Gasteiger partial charge on any atom is -0.461 e. The Kier molecular flexibility index (Phi) is 7.94. The quantitative estimate of drug-likeness (QED) is 0.130. The Morgan fingerprint density at radius 2 is 1.85 bits per heavy atom. The number of carbonyl (C=O) groups is 1. The average Bonchev–Trinajstić information content (AvgIpc) is 3.55. The first-order chi connectivity index (χ1) is 23.0. The summed E-state index contributed by atoms with van der Waals surface area (Å²) in [6, 6.07) is 11.8. The number of rotatable bonds is 7. The molecule has 3 fully saturated rings. The Hall–Kier alpha value is -4.83. The highest BCUT2D eigenvalue weighted by Crippen LogP contribution is 2.46. The van der Waals surface area contributed by atoms with E-state index >= 15 is 8.78 Å². The number of piperazine rings is 1. The van der Waals surface area contributed by atoms with Gasteiger partial charge in [0, 0.05) is 42.4 Å². The van der Waals surface area contributed by atoms with Crippen LogP contribution in [0.4, 0.5) is 27.8 Å². The predicted octanol–water partition coefficient (Wildman–Crippen LogP) is 6.40. The zero-order valence-corrected chi connectivity index (χ0v) is 25.9. The molecular formula is C35H31F5N6O2. The van der Waals surface area contributed by atoms with Gasteiger partial charge in [-0.1, -0.05) is 43.0 Å². The van der Waals surface area contributed by atoms with Crippen molar-refractivity contribution in [2.24, 2.45) is 0 Å². The van der Waals surface area contributed by atoms with Crippen LogP contribution in [0, 0.1) is 18.2 Å². The second kappa shape index (κ2) is 12.0. The van der Waals surface area contributed by atoms with E-state index in [4.69, 9.17) is 11.3 Å². The summed E-state index contributed by atoms with van der Waals surface area (Å²) in [6.45, 7) is 10.7. The van der Waals surface area contributed by atoms with Gasteiger partial charge in [0.05, 0.1) is 12.1 Å². The highest BCUT2D eigenvalue weighted by atomic mass is 19.3. The third kappa shape index (κ3) is 5.47. The van der Waals surface area contributed by atoms with Crippen molar-refractivity contribution in [1.82, 2.24) is 19.8 Å². The molecule has 4 aromatic rings. The lowest BCUT2D eigenvalue weighted by molar-refractivity contribution is -0.131. The van der Waals surface area contributed by atoms with Gasteiger partial charge in [-0.05, 0) is 42.5 Å². The first-order valence-electron chi connectivity index (χ1n) is 15.7. The highest BCUT2D eigenvalue weighted by Gasteiger charge is 2.57. The third-order valence-electron chi connectivity index (χ3n) is 9.71. The van der Waals surface area contributed by atoms with Gasteiger partial charge in [0.2, 0.25) is 6.54 Å². The molecule has 13 heteroatoms. The highest BCUT2D eigenvalue weighted by molar-refractivity contribution is 6.01. The number of hydrogen-bond acceptors (Lipinski definition) is 6.